The van der Waals surface area contributed by atoms with Crippen molar-refractivity contribution in [2.24, 2.45) is 4.99 Å². The lowest BCUT2D eigenvalue weighted by molar-refractivity contribution is -0.110. The Morgan fingerprint density at radius 2 is 1.81 bits per heavy atom. The number of hydrogen-bond acceptors (Lipinski definition) is 3. The number of carbonyl (C=O) groups is 1. The summed E-state index contributed by atoms with van der Waals surface area (Å²) in [6, 6.07) is 19.8. The average molecular weight is 442 g/mol. The van der Waals surface area contributed by atoms with Gasteiger partial charge < -0.3 is 10.4 Å². The molecule has 2 N–H and O–H groups in total. The second kappa shape index (κ2) is 7.27. The Morgan fingerprint density at radius 3 is 2.59 bits per heavy atom. The maximum Gasteiger partial charge on any atom is 0.275 e. The number of fused-ring (bicyclic) bond motifs is 1. The van der Waals surface area contributed by atoms with E-state index >= 15 is 0 Å². The third kappa shape index (κ3) is 3.54. The largest absolute Gasteiger partial charge is 0.384 e. The first-order valence-electron chi connectivity index (χ1n) is 8.25. The molecule has 0 spiro atoms. The van der Waals surface area contributed by atoms with Crippen LogP contribution in [-0.4, -0.2) is 16.7 Å². The molecule has 134 valence electrons. The Bertz CT molecular complexity index is 1070. The molecule has 0 aromatic heterocycles. The summed E-state index contributed by atoms with van der Waals surface area (Å²) in [4.78, 5) is 17.0. The van der Waals surface area contributed by atoms with Crippen LogP contribution in [0.4, 0.5) is 11.4 Å². The molecule has 1 heterocycles. The molecule has 4 rings (SSSR count). The number of aliphatic hydroxyl groups excluding tert-OH is 1. The van der Waals surface area contributed by atoms with Crippen LogP contribution in [0.25, 0.3) is 0 Å². The number of carbonyl (C=O) groups excluding carboxylic acids is 1. The number of benzene rings is 3. The molecule has 1 aliphatic rings. The molecule has 1 aliphatic heterocycles. The zero-order valence-corrected chi connectivity index (χ0v) is 16.3. The van der Waals surface area contributed by atoms with E-state index in [2.05, 4.69) is 26.2 Å². The van der Waals surface area contributed by atoms with Crippen molar-refractivity contribution in [3.63, 3.8) is 0 Å². The summed E-state index contributed by atoms with van der Waals surface area (Å²) in [5.41, 5.74) is 3.48. The summed E-state index contributed by atoms with van der Waals surface area (Å²) in [7, 11) is 0. The Hall–Kier alpha value is -2.47. The molecule has 3 aromatic rings. The fourth-order valence-electron chi connectivity index (χ4n) is 3.02. The highest BCUT2D eigenvalue weighted by molar-refractivity contribution is 9.10. The second-order valence-corrected chi connectivity index (χ2v) is 7.47. The van der Waals surface area contributed by atoms with E-state index < -0.39 is 6.10 Å². The fourth-order valence-corrected chi connectivity index (χ4v) is 3.56. The fraction of sp³-hybridized carbons (Fsp3) is 0.0476. The minimum absolute atomic E-state index is 0.279. The molecular weight excluding hydrogens is 428 g/mol. The highest BCUT2D eigenvalue weighted by Gasteiger charge is 2.27. The zero-order chi connectivity index (χ0) is 19.0. The Kier molecular flexibility index (Phi) is 4.83. The highest BCUT2D eigenvalue weighted by Crippen LogP contribution is 2.35. The smallest absolute Gasteiger partial charge is 0.275 e. The maximum atomic E-state index is 12.4. The van der Waals surface area contributed by atoms with Crippen LogP contribution in [0.1, 0.15) is 22.8 Å². The Labute approximate surface area is 169 Å². The lowest BCUT2D eigenvalue weighted by Gasteiger charge is -2.14. The Morgan fingerprint density at radius 1 is 1.04 bits per heavy atom. The molecule has 0 saturated heterocycles. The predicted octanol–water partition coefficient (Wildman–Crippen LogP) is 5.26. The van der Waals surface area contributed by atoms with Crippen molar-refractivity contribution in [2.45, 2.75) is 6.10 Å². The van der Waals surface area contributed by atoms with Gasteiger partial charge in [-0.25, -0.2) is 4.99 Å². The van der Waals surface area contributed by atoms with Gasteiger partial charge in [0.25, 0.3) is 5.91 Å². The molecule has 4 nitrogen and oxygen atoms in total. The van der Waals surface area contributed by atoms with Gasteiger partial charge in [0.05, 0.1) is 11.4 Å². The zero-order valence-electron chi connectivity index (χ0n) is 14.0. The van der Waals surface area contributed by atoms with Gasteiger partial charge in [-0.05, 0) is 42.0 Å². The normalized spacial score (nSPS) is 15.5. The lowest BCUT2D eigenvalue weighted by Crippen LogP contribution is -2.14. The summed E-state index contributed by atoms with van der Waals surface area (Å²) in [6.07, 6.45) is -0.907. The molecule has 0 fully saturated rings. The summed E-state index contributed by atoms with van der Waals surface area (Å²) < 4.78 is 0.853. The number of amides is 1. The molecule has 3 aromatic carbocycles. The van der Waals surface area contributed by atoms with Gasteiger partial charge in [-0.15, -0.1) is 0 Å². The SMILES string of the molecule is O=C1Nc2ccc(Br)cc2C1=Nc1ccc(Cl)cc1C(O)c1ccccc1. The number of nitrogens with zero attached hydrogens (tertiary/aromatic N) is 1. The standard InChI is InChI=1S/C21H14BrClN2O2/c22-13-6-8-17-15(10-13)19(21(27)25-17)24-18-9-7-14(23)11-16(18)20(26)12-4-2-1-3-5-12/h1-11,20,26H,(H,24,25,27). The van der Waals surface area contributed by atoms with Crippen molar-refractivity contribution < 1.29 is 9.90 Å². The lowest BCUT2D eigenvalue weighted by atomic mass is 10.00. The highest BCUT2D eigenvalue weighted by atomic mass is 79.9. The van der Waals surface area contributed by atoms with Gasteiger partial charge in [0, 0.05) is 20.6 Å². The number of aliphatic imine (C=N–C) groups is 1. The first kappa shape index (κ1) is 17.9. The van der Waals surface area contributed by atoms with E-state index in [1.807, 2.05) is 48.5 Å². The maximum absolute atomic E-state index is 12.4. The molecule has 0 saturated carbocycles. The number of aliphatic hydroxyl groups is 1. The molecule has 1 amide bonds. The Balaban J connectivity index is 1.83. The van der Waals surface area contributed by atoms with Gasteiger partial charge >= 0.3 is 0 Å². The minimum atomic E-state index is -0.907. The van der Waals surface area contributed by atoms with Gasteiger partial charge in [0.15, 0.2) is 0 Å². The van der Waals surface area contributed by atoms with Crippen LogP contribution in [0.2, 0.25) is 5.02 Å². The summed E-state index contributed by atoms with van der Waals surface area (Å²) in [5.74, 6) is -0.279. The van der Waals surface area contributed by atoms with Crippen molar-refractivity contribution >= 4 is 50.5 Å². The number of halogens is 2. The molecule has 1 atom stereocenters. The van der Waals surface area contributed by atoms with Crippen molar-refractivity contribution in [3.05, 3.63) is 92.9 Å². The van der Waals surface area contributed by atoms with Gasteiger partial charge in [0.2, 0.25) is 0 Å². The van der Waals surface area contributed by atoms with Crippen LogP contribution in [0.3, 0.4) is 0 Å². The van der Waals surface area contributed by atoms with E-state index in [4.69, 9.17) is 11.6 Å². The predicted molar refractivity (Wildman–Crippen MR) is 111 cm³/mol. The minimum Gasteiger partial charge on any atom is -0.384 e. The number of hydrogen-bond donors (Lipinski definition) is 2. The van der Waals surface area contributed by atoms with Gasteiger partial charge in [0.1, 0.15) is 11.8 Å². The molecule has 0 aliphatic carbocycles. The van der Waals surface area contributed by atoms with Gasteiger partial charge in [-0.3, -0.25) is 4.79 Å². The van der Waals surface area contributed by atoms with Crippen molar-refractivity contribution in [2.75, 3.05) is 5.32 Å². The summed E-state index contributed by atoms with van der Waals surface area (Å²) in [6.45, 7) is 0. The molecule has 0 radical (unpaired) electrons. The quantitative estimate of drug-likeness (QED) is 0.582. The van der Waals surface area contributed by atoms with Crippen LogP contribution in [-0.2, 0) is 4.79 Å². The summed E-state index contributed by atoms with van der Waals surface area (Å²) in [5, 5.41) is 14.1. The molecule has 0 bridgehead atoms. The van der Waals surface area contributed by atoms with Gasteiger partial charge in [-0.2, -0.15) is 0 Å². The molecular formula is C21H14BrClN2O2. The van der Waals surface area contributed by atoms with Crippen LogP contribution in [0.5, 0.6) is 0 Å². The van der Waals surface area contributed by atoms with E-state index in [1.165, 1.54) is 0 Å². The summed E-state index contributed by atoms with van der Waals surface area (Å²) >= 11 is 9.57. The van der Waals surface area contributed by atoms with Crippen molar-refractivity contribution in [3.8, 4) is 0 Å². The number of nitrogens with one attached hydrogen (secondary N) is 1. The topological polar surface area (TPSA) is 61.7 Å². The van der Waals surface area contributed by atoms with Crippen LogP contribution < -0.4 is 5.32 Å². The van der Waals surface area contributed by atoms with Crippen molar-refractivity contribution in [1.29, 1.82) is 0 Å². The molecule has 1 unspecified atom stereocenters. The van der Waals surface area contributed by atoms with E-state index in [0.717, 1.165) is 10.0 Å². The van der Waals surface area contributed by atoms with E-state index in [0.29, 0.717) is 33.2 Å². The first-order valence-corrected chi connectivity index (χ1v) is 9.42. The van der Waals surface area contributed by atoms with E-state index in [9.17, 15) is 9.90 Å². The van der Waals surface area contributed by atoms with E-state index in [-0.39, 0.29) is 5.91 Å². The molecule has 27 heavy (non-hydrogen) atoms. The monoisotopic (exact) mass is 440 g/mol. The second-order valence-electron chi connectivity index (χ2n) is 6.12. The van der Waals surface area contributed by atoms with Crippen LogP contribution in [0, 0.1) is 0 Å². The van der Waals surface area contributed by atoms with E-state index in [1.54, 1.807) is 18.2 Å². The third-order valence-corrected chi connectivity index (χ3v) is 5.06. The van der Waals surface area contributed by atoms with Crippen molar-refractivity contribution in [1.82, 2.24) is 0 Å². The third-order valence-electron chi connectivity index (χ3n) is 4.33. The van der Waals surface area contributed by atoms with Gasteiger partial charge in [-0.1, -0.05) is 57.9 Å². The molecule has 6 heteroatoms. The number of rotatable bonds is 3. The number of anilines is 1. The van der Waals surface area contributed by atoms with Crippen LogP contribution >= 0.6 is 27.5 Å². The average Bonchev–Trinajstić information content (AvgIpc) is 2.98. The van der Waals surface area contributed by atoms with Crippen LogP contribution in [0.15, 0.2) is 76.2 Å². The first-order chi connectivity index (χ1) is 13.0.